The molecule has 3 aromatic rings. The minimum Gasteiger partial charge on any atom is -0.312 e. The van der Waals surface area contributed by atoms with Crippen LogP contribution in [0.1, 0.15) is 18.9 Å². The van der Waals surface area contributed by atoms with Crippen molar-refractivity contribution in [3.63, 3.8) is 0 Å². The molecular formula is C24H25ClN4O. The molecule has 0 atom stereocenters. The Balaban J connectivity index is 1.39. The molecule has 30 heavy (non-hydrogen) atoms. The van der Waals surface area contributed by atoms with E-state index in [4.69, 9.17) is 11.6 Å². The van der Waals surface area contributed by atoms with Crippen molar-refractivity contribution in [1.82, 2.24) is 14.7 Å². The summed E-state index contributed by atoms with van der Waals surface area (Å²) in [5, 5.41) is 5.13. The zero-order chi connectivity index (χ0) is 20.9. The summed E-state index contributed by atoms with van der Waals surface area (Å²) in [6, 6.07) is 17.5. The SMILES string of the molecule is CCN(C(=O)CN1CC=C(c2cnn(-c3ccccc3)c2)CC1)c1cccc(Cl)c1. The highest BCUT2D eigenvalue weighted by Gasteiger charge is 2.20. The maximum Gasteiger partial charge on any atom is 0.241 e. The number of nitrogens with zero attached hydrogens (tertiary/aromatic N) is 4. The minimum atomic E-state index is 0.0912. The molecule has 0 N–H and O–H groups in total. The Morgan fingerprint density at radius 2 is 2.00 bits per heavy atom. The molecule has 0 saturated carbocycles. The van der Waals surface area contributed by atoms with Gasteiger partial charge in [-0.1, -0.05) is 41.9 Å². The number of aromatic nitrogens is 2. The van der Waals surface area contributed by atoms with E-state index in [-0.39, 0.29) is 5.91 Å². The quantitative estimate of drug-likeness (QED) is 0.582. The second-order valence-electron chi connectivity index (χ2n) is 7.34. The fourth-order valence-corrected chi connectivity index (χ4v) is 3.94. The van der Waals surface area contributed by atoms with E-state index in [0.717, 1.165) is 36.4 Å². The van der Waals surface area contributed by atoms with E-state index in [1.165, 1.54) is 5.57 Å². The van der Waals surface area contributed by atoms with Crippen LogP contribution in [-0.4, -0.2) is 46.8 Å². The Kier molecular flexibility index (Phi) is 6.31. The highest BCUT2D eigenvalue weighted by molar-refractivity contribution is 6.30. The largest absolute Gasteiger partial charge is 0.312 e. The maximum atomic E-state index is 12.9. The Morgan fingerprint density at radius 3 is 2.70 bits per heavy atom. The summed E-state index contributed by atoms with van der Waals surface area (Å²) in [5.41, 5.74) is 4.31. The van der Waals surface area contributed by atoms with Crippen LogP contribution in [-0.2, 0) is 4.79 Å². The summed E-state index contributed by atoms with van der Waals surface area (Å²) < 4.78 is 1.90. The Labute approximate surface area is 182 Å². The van der Waals surface area contributed by atoms with E-state index >= 15 is 0 Å². The Hall–Kier alpha value is -2.89. The van der Waals surface area contributed by atoms with Crippen LogP contribution in [0.4, 0.5) is 5.69 Å². The van der Waals surface area contributed by atoms with Gasteiger partial charge in [-0.15, -0.1) is 0 Å². The van der Waals surface area contributed by atoms with Crippen molar-refractivity contribution in [3.05, 3.63) is 83.7 Å². The van der Waals surface area contributed by atoms with E-state index in [2.05, 4.69) is 22.3 Å². The molecule has 5 nitrogen and oxygen atoms in total. The number of benzene rings is 2. The van der Waals surface area contributed by atoms with Crippen molar-refractivity contribution in [2.45, 2.75) is 13.3 Å². The van der Waals surface area contributed by atoms with Crippen molar-refractivity contribution >= 4 is 28.8 Å². The zero-order valence-corrected chi connectivity index (χ0v) is 17.8. The lowest BCUT2D eigenvalue weighted by Crippen LogP contribution is -2.41. The van der Waals surface area contributed by atoms with Crippen molar-refractivity contribution in [1.29, 1.82) is 0 Å². The predicted molar refractivity (Wildman–Crippen MR) is 122 cm³/mol. The van der Waals surface area contributed by atoms with Gasteiger partial charge in [-0.25, -0.2) is 4.68 Å². The molecule has 0 spiro atoms. The highest BCUT2D eigenvalue weighted by Crippen LogP contribution is 2.24. The van der Waals surface area contributed by atoms with Crippen molar-refractivity contribution in [2.75, 3.05) is 31.1 Å². The summed E-state index contributed by atoms with van der Waals surface area (Å²) in [6.07, 6.45) is 7.09. The van der Waals surface area contributed by atoms with Crippen molar-refractivity contribution < 1.29 is 4.79 Å². The second kappa shape index (κ2) is 9.28. The van der Waals surface area contributed by atoms with Gasteiger partial charge < -0.3 is 4.90 Å². The fraction of sp³-hybridized carbons (Fsp3) is 0.250. The first-order chi connectivity index (χ1) is 14.6. The van der Waals surface area contributed by atoms with Gasteiger partial charge in [0, 0.05) is 42.1 Å². The van der Waals surface area contributed by atoms with Crippen LogP contribution in [0.3, 0.4) is 0 Å². The molecule has 0 saturated heterocycles. The first-order valence-electron chi connectivity index (χ1n) is 10.2. The van der Waals surface area contributed by atoms with E-state index in [1.807, 2.05) is 72.4 Å². The smallest absolute Gasteiger partial charge is 0.241 e. The van der Waals surface area contributed by atoms with Crippen LogP contribution in [0.25, 0.3) is 11.3 Å². The lowest BCUT2D eigenvalue weighted by molar-refractivity contribution is -0.119. The number of likely N-dealkylation sites (N-methyl/N-ethyl adjacent to an activating group) is 1. The summed E-state index contributed by atoms with van der Waals surface area (Å²) in [7, 11) is 0. The van der Waals surface area contributed by atoms with Gasteiger partial charge in [0.2, 0.25) is 5.91 Å². The molecule has 0 radical (unpaired) electrons. The second-order valence-corrected chi connectivity index (χ2v) is 7.78. The first kappa shape index (κ1) is 20.4. The molecule has 2 aromatic carbocycles. The van der Waals surface area contributed by atoms with Crippen LogP contribution in [0.5, 0.6) is 0 Å². The van der Waals surface area contributed by atoms with Gasteiger partial charge in [-0.2, -0.15) is 5.10 Å². The average Bonchev–Trinajstić information content (AvgIpc) is 3.26. The molecule has 4 rings (SSSR count). The molecule has 6 heteroatoms. The first-order valence-corrected chi connectivity index (χ1v) is 10.6. The zero-order valence-electron chi connectivity index (χ0n) is 17.0. The van der Waals surface area contributed by atoms with E-state index in [1.54, 1.807) is 4.90 Å². The lowest BCUT2D eigenvalue weighted by atomic mass is 10.0. The van der Waals surface area contributed by atoms with Crippen LogP contribution in [0.15, 0.2) is 73.1 Å². The molecule has 0 unspecified atom stereocenters. The molecule has 0 bridgehead atoms. The molecule has 1 aliphatic heterocycles. The van der Waals surface area contributed by atoms with Crippen molar-refractivity contribution in [3.8, 4) is 5.69 Å². The normalized spacial score (nSPS) is 14.4. The standard InChI is InChI=1S/C24H25ClN4O/c1-2-28(23-10-6-7-21(25)15-23)24(30)18-27-13-11-19(12-14-27)20-16-26-29(17-20)22-8-4-3-5-9-22/h3-11,15-17H,2,12-14,18H2,1H3. The number of hydrogen-bond acceptors (Lipinski definition) is 3. The summed E-state index contributed by atoms with van der Waals surface area (Å²) >= 11 is 6.09. The van der Waals surface area contributed by atoms with Crippen LogP contribution >= 0.6 is 11.6 Å². The number of hydrogen-bond donors (Lipinski definition) is 0. The third-order valence-electron chi connectivity index (χ3n) is 5.36. The third kappa shape index (κ3) is 4.64. The van der Waals surface area contributed by atoms with Gasteiger partial charge in [0.05, 0.1) is 18.4 Å². The molecule has 1 aromatic heterocycles. The van der Waals surface area contributed by atoms with Gasteiger partial charge >= 0.3 is 0 Å². The van der Waals surface area contributed by atoms with Gasteiger partial charge in [-0.3, -0.25) is 9.69 Å². The number of halogens is 1. The van der Waals surface area contributed by atoms with Crippen LogP contribution < -0.4 is 4.90 Å². The van der Waals surface area contributed by atoms with E-state index in [0.29, 0.717) is 18.1 Å². The predicted octanol–water partition coefficient (Wildman–Crippen LogP) is 4.67. The third-order valence-corrected chi connectivity index (χ3v) is 5.60. The molecule has 1 aliphatic rings. The van der Waals surface area contributed by atoms with Gasteiger partial charge in [0.1, 0.15) is 0 Å². The number of carbonyl (C=O) groups is 1. The van der Waals surface area contributed by atoms with Gasteiger partial charge in [-0.05, 0) is 49.2 Å². The Morgan fingerprint density at radius 1 is 1.17 bits per heavy atom. The van der Waals surface area contributed by atoms with Crippen molar-refractivity contribution in [2.24, 2.45) is 0 Å². The molecule has 2 heterocycles. The van der Waals surface area contributed by atoms with Gasteiger partial charge in [0.25, 0.3) is 0 Å². The maximum absolute atomic E-state index is 12.9. The number of carbonyl (C=O) groups excluding carboxylic acids is 1. The topological polar surface area (TPSA) is 41.4 Å². The van der Waals surface area contributed by atoms with Crippen LogP contribution in [0.2, 0.25) is 5.02 Å². The summed E-state index contributed by atoms with van der Waals surface area (Å²) in [4.78, 5) is 16.8. The lowest BCUT2D eigenvalue weighted by Gasteiger charge is -2.29. The number of para-hydroxylation sites is 1. The molecule has 0 aliphatic carbocycles. The molecule has 0 fully saturated rings. The van der Waals surface area contributed by atoms with E-state index < -0.39 is 0 Å². The Bertz CT molecular complexity index is 1040. The van der Waals surface area contributed by atoms with Gasteiger partial charge in [0.15, 0.2) is 0 Å². The number of anilines is 1. The fourth-order valence-electron chi connectivity index (χ4n) is 3.75. The summed E-state index contributed by atoms with van der Waals surface area (Å²) in [6.45, 7) is 4.60. The number of amides is 1. The van der Waals surface area contributed by atoms with E-state index in [9.17, 15) is 4.79 Å². The highest BCUT2D eigenvalue weighted by atomic mass is 35.5. The average molecular weight is 421 g/mol. The molecule has 1 amide bonds. The number of rotatable bonds is 6. The monoisotopic (exact) mass is 420 g/mol. The van der Waals surface area contributed by atoms with Crippen LogP contribution in [0, 0.1) is 0 Å². The summed E-state index contributed by atoms with van der Waals surface area (Å²) in [5.74, 6) is 0.0912. The molecule has 154 valence electrons. The minimum absolute atomic E-state index is 0.0912. The molecular weight excluding hydrogens is 396 g/mol.